The fourth-order valence-corrected chi connectivity index (χ4v) is 1.70. The number of aryl methyl sites for hydroxylation is 2. The Morgan fingerprint density at radius 1 is 1.35 bits per heavy atom. The van der Waals surface area contributed by atoms with Gasteiger partial charge in [0.2, 0.25) is 0 Å². The summed E-state index contributed by atoms with van der Waals surface area (Å²) >= 11 is 0. The lowest BCUT2D eigenvalue weighted by Crippen LogP contribution is -2.03. The van der Waals surface area contributed by atoms with Crippen LogP contribution in [0.1, 0.15) is 30.2 Å². The second kappa shape index (κ2) is 4.25. The van der Waals surface area contributed by atoms with Crippen molar-refractivity contribution in [2.24, 2.45) is 0 Å². The van der Waals surface area contributed by atoms with E-state index in [2.05, 4.69) is 10.1 Å². The molecule has 2 aromatic rings. The summed E-state index contributed by atoms with van der Waals surface area (Å²) in [4.78, 5) is 4.12. The lowest BCUT2D eigenvalue weighted by atomic mass is 10.1. The first-order chi connectivity index (χ1) is 7.99. The van der Waals surface area contributed by atoms with Gasteiger partial charge in [0, 0.05) is 0 Å². The highest BCUT2D eigenvalue weighted by molar-refractivity contribution is 5.37. The zero-order chi connectivity index (χ0) is 12.6. The van der Waals surface area contributed by atoms with E-state index in [1.807, 2.05) is 0 Å². The summed E-state index contributed by atoms with van der Waals surface area (Å²) < 4.78 is 15.3. The van der Waals surface area contributed by atoms with Crippen molar-refractivity contribution in [3.8, 4) is 5.69 Å². The Hall–Kier alpha value is -1.75. The van der Waals surface area contributed by atoms with Crippen molar-refractivity contribution >= 4 is 0 Å². The lowest BCUT2D eigenvalue weighted by Gasteiger charge is -2.08. The minimum atomic E-state index is -0.683. The minimum absolute atomic E-state index is 0.340. The van der Waals surface area contributed by atoms with Crippen LogP contribution in [0.5, 0.6) is 0 Å². The van der Waals surface area contributed by atoms with Crippen LogP contribution in [0.2, 0.25) is 0 Å². The zero-order valence-corrected chi connectivity index (χ0v) is 9.98. The highest BCUT2D eigenvalue weighted by atomic mass is 19.1. The van der Waals surface area contributed by atoms with Gasteiger partial charge >= 0.3 is 0 Å². The van der Waals surface area contributed by atoms with Gasteiger partial charge in [-0.15, -0.1) is 0 Å². The predicted octanol–water partition coefficient (Wildman–Crippen LogP) is 2.08. The normalized spacial score (nSPS) is 12.8. The van der Waals surface area contributed by atoms with Crippen LogP contribution < -0.4 is 0 Å². The second-order valence-corrected chi connectivity index (χ2v) is 4.00. The van der Waals surface area contributed by atoms with E-state index in [0.29, 0.717) is 22.9 Å². The van der Waals surface area contributed by atoms with Gasteiger partial charge in [-0.25, -0.2) is 14.1 Å². The molecule has 1 aromatic heterocycles. The maximum Gasteiger partial charge on any atom is 0.149 e. The van der Waals surface area contributed by atoms with E-state index in [9.17, 15) is 9.50 Å². The Morgan fingerprint density at radius 3 is 2.53 bits per heavy atom. The molecule has 2 rings (SSSR count). The zero-order valence-electron chi connectivity index (χ0n) is 9.98. The van der Waals surface area contributed by atoms with Crippen LogP contribution in [0.25, 0.3) is 5.69 Å². The fourth-order valence-electron chi connectivity index (χ4n) is 1.70. The number of hydrogen-bond acceptors (Lipinski definition) is 3. The Morgan fingerprint density at radius 2 is 2.06 bits per heavy atom. The molecule has 0 aliphatic rings. The minimum Gasteiger partial charge on any atom is -0.389 e. The van der Waals surface area contributed by atoms with Gasteiger partial charge in [0.15, 0.2) is 0 Å². The number of aliphatic hydroxyl groups is 1. The third-order valence-corrected chi connectivity index (χ3v) is 2.56. The van der Waals surface area contributed by atoms with Gasteiger partial charge in [0.05, 0.1) is 6.10 Å². The van der Waals surface area contributed by atoms with Crippen LogP contribution in [-0.4, -0.2) is 19.9 Å². The Balaban J connectivity index is 2.50. The van der Waals surface area contributed by atoms with E-state index in [-0.39, 0.29) is 0 Å². The van der Waals surface area contributed by atoms with E-state index < -0.39 is 11.9 Å². The van der Waals surface area contributed by atoms with Gasteiger partial charge in [0.25, 0.3) is 0 Å². The summed E-state index contributed by atoms with van der Waals surface area (Å²) in [5.74, 6) is 0.809. The number of aromatic nitrogens is 3. The number of hydrogen-bond donors (Lipinski definition) is 1. The van der Waals surface area contributed by atoms with Gasteiger partial charge in [-0.05, 0) is 38.5 Å². The maximum atomic E-state index is 13.9. The average molecular weight is 235 g/mol. The van der Waals surface area contributed by atoms with Crippen LogP contribution >= 0.6 is 0 Å². The molecule has 0 fully saturated rings. The van der Waals surface area contributed by atoms with E-state index in [4.69, 9.17) is 0 Å². The van der Waals surface area contributed by atoms with Crippen molar-refractivity contribution in [3.63, 3.8) is 0 Å². The van der Waals surface area contributed by atoms with Gasteiger partial charge in [-0.3, -0.25) is 0 Å². The van der Waals surface area contributed by atoms with E-state index >= 15 is 0 Å². The molecule has 0 amide bonds. The van der Waals surface area contributed by atoms with Crippen LogP contribution in [-0.2, 0) is 0 Å². The summed E-state index contributed by atoms with van der Waals surface area (Å²) in [6, 6.07) is 4.59. The molecule has 0 bridgehead atoms. The summed E-state index contributed by atoms with van der Waals surface area (Å²) in [5, 5.41) is 13.5. The van der Waals surface area contributed by atoms with Crippen molar-refractivity contribution in [3.05, 3.63) is 41.2 Å². The summed E-state index contributed by atoms with van der Waals surface area (Å²) in [6.45, 7) is 5.12. The van der Waals surface area contributed by atoms with Gasteiger partial charge < -0.3 is 5.11 Å². The Labute approximate surface area is 98.7 Å². The summed E-state index contributed by atoms with van der Waals surface area (Å²) in [5.41, 5.74) is 0.883. The molecule has 1 N–H and O–H groups in total. The Bertz CT molecular complexity index is 549. The molecule has 5 heteroatoms. The van der Waals surface area contributed by atoms with Crippen molar-refractivity contribution in [2.45, 2.75) is 26.9 Å². The first-order valence-electron chi connectivity index (χ1n) is 5.37. The molecule has 1 heterocycles. The molecule has 1 atom stereocenters. The molecule has 0 saturated heterocycles. The first kappa shape index (κ1) is 11.7. The third kappa shape index (κ3) is 2.19. The number of rotatable bonds is 2. The number of benzene rings is 1. The SMILES string of the molecule is Cc1nc(C)n(-c2ccc([C@@H](C)O)cc2F)n1. The summed E-state index contributed by atoms with van der Waals surface area (Å²) in [6.07, 6.45) is -0.683. The van der Waals surface area contributed by atoms with E-state index in [0.717, 1.165) is 0 Å². The first-order valence-corrected chi connectivity index (χ1v) is 5.37. The van der Waals surface area contributed by atoms with Crippen molar-refractivity contribution in [1.82, 2.24) is 14.8 Å². The molecular formula is C12H14FN3O. The van der Waals surface area contributed by atoms with Crippen molar-refractivity contribution < 1.29 is 9.50 Å². The molecule has 0 saturated carbocycles. The van der Waals surface area contributed by atoms with Crippen molar-refractivity contribution in [1.29, 1.82) is 0 Å². The number of halogens is 1. The molecule has 4 nitrogen and oxygen atoms in total. The molecule has 0 radical (unpaired) electrons. The molecule has 0 spiro atoms. The fraction of sp³-hybridized carbons (Fsp3) is 0.333. The number of nitrogens with zero attached hydrogens (tertiary/aromatic N) is 3. The third-order valence-electron chi connectivity index (χ3n) is 2.56. The van der Waals surface area contributed by atoms with E-state index in [1.54, 1.807) is 32.9 Å². The van der Waals surface area contributed by atoms with Gasteiger partial charge in [-0.1, -0.05) is 6.07 Å². The van der Waals surface area contributed by atoms with Crippen LogP contribution in [0.15, 0.2) is 18.2 Å². The average Bonchev–Trinajstić information content (AvgIpc) is 2.57. The molecular weight excluding hydrogens is 221 g/mol. The standard InChI is InChI=1S/C12H14FN3O/c1-7(17)10-4-5-12(11(13)6-10)16-9(3)14-8(2)15-16/h4-7,17H,1-3H3/t7-/m1/s1. The van der Waals surface area contributed by atoms with Crippen LogP contribution in [0.3, 0.4) is 0 Å². The molecule has 0 aliphatic heterocycles. The van der Waals surface area contributed by atoms with E-state index in [1.165, 1.54) is 10.7 Å². The lowest BCUT2D eigenvalue weighted by molar-refractivity contribution is 0.199. The van der Waals surface area contributed by atoms with Crippen molar-refractivity contribution in [2.75, 3.05) is 0 Å². The van der Waals surface area contributed by atoms with Crippen LogP contribution in [0.4, 0.5) is 4.39 Å². The van der Waals surface area contributed by atoms with Gasteiger partial charge in [0.1, 0.15) is 23.2 Å². The summed E-state index contributed by atoms with van der Waals surface area (Å²) in [7, 11) is 0. The largest absolute Gasteiger partial charge is 0.389 e. The predicted molar refractivity (Wildman–Crippen MR) is 61.4 cm³/mol. The molecule has 0 unspecified atom stereocenters. The molecule has 17 heavy (non-hydrogen) atoms. The molecule has 90 valence electrons. The quantitative estimate of drug-likeness (QED) is 0.867. The monoisotopic (exact) mass is 235 g/mol. The van der Waals surface area contributed by atoms with Gasteiger partial charge in [-0.2, -0.15) is 5.10 Å². The Kier molecular flexibility index (Phi) is 2.93. The second-order valence-electron chi connectivity index (χ2n) is 4.00. The molecule has 0 aliphatic carbocycles. The highest BCUT2D eigenvalue weighted by Gasteiger charge is 2.12. The number of aliphatic hydroxyl groups excluding tert-OH is 1. The smallest absolute Gasteiger partial charge is 0.149 e. The topological polar surface area (TPSA) is 50.9 Å². The maximum absolute atomic E-state index is 13.9. The molecule has 1 aromatic carbocycles. The van der Waals surface area contributed by atoms with Crippen LogP contribution in [0, 0.1) is 19.7 Å². The highest BCUT2D eigenvalue weighted by Crippen LogP contribution is 2.19.